The number of rotatable bonds is 3. The van der Waals surface area contributed by atoms with Crippen molar-refractivity contribution in [1.29, 1.82) is 0 Å². The van der Waals surface area contributed by atoms with Crippen molar-refractivity contribution in [2.24, 2.45) is 5.41 Å². The van der Waals surface area contributed by atoms with E-state index in [-0.39, 0.29) is 12.2 Å². The Labute approximate surface area is 70.8 Å². The predicted molar refractivity (Wildman–Crippen MR) is 40.6 cm³/mol. The smallest absolute Gasteiger partial charge is 0.313 e. The minimum absolute atomic E-state index is 0.0967. The zero-order chi connectivity index (χ0) is 9.19. The number of esters is 1. The van der Waals surface area contributed by atoms with Crippen LogP contribution in [-0.2, 0) is 19.1 Å². The molecular formula is C8H12O4. The molecule has 68 valence electrons. The molecule has 1 rings (SSSR count). The molecule has 12 heavy (non-hydrogen) atoms. The van der Waals surface area contributed by atoms with E-state index in [4.69, 9.17) is 4.74 Å². The first-order chi connectivity index (χ1) is 5.58. The summed E-state index contributed by atoms with van der Waals surface area (Å²) in [5.74, 6) is -0.575. The molecule has 0 aliphatic carbocycles. The summed E-state index contributed by atoms with van der Waals surface area (Å²) in [6, 6.07) is 0. The van der Waals surface area contributed by atoms with Gasteiger partial charge < -0.3 is 9.47 Å². The molecule has 0 saturated carbocycles. The van der Waals surface area contributed by atoms with Crippen molar-refractivity contribution in [1.82, 2.24) is 0 Å². The molecule has 0 atom stereocenters. The van der Waals surface area contributed by atoms with E-state index in [9.17, 15) is 9.59 Å². The quantitative estimate of drug-likeness (QED) is 0.449. The van der Waals surface area contributed by atoms with Crippen molar-refractivity contribution in [3.63, 3.8) is 0 Å². The van der Waals surface area contributed by atoms with E-state index in [2.05, 4.69) is 4.74 Å². The van der Waals surface area contributed by atoms with Gasteiger partial charge in [-0.25, -0.2) is 0 Å². The molecule has 0 aromatic carbocycles. The summed E-state index contributed by atoms with van der Waals surface area (Å²) < 4.78 is 9.29. The molecule has 0 amide bonds. The first-order valence-electron chi connectivity index (χ1n) is 3.76. The first-order valence-corrected chi connectivity index (χ1v) is 3.76. The van der Waals surface area contributed by atoms with Crippen molar-refractivity contribution in [3.8, 4) is 0 Å². The van der Waals surface area contributed by atoms with Crippen LogP contribution in [0.1, 0.15) is 13.3 Å². The van der Waals surface area contributed by atoms with Crippen LogP contribution in [0.5, 0.6) is 0 Å². The molecule has 0 unspecified atom stereocenters. The second kappa shape index (κ2) is 3.23. The Bertz CT molecular complexity index is 205. The van der Waals surface area contributed by atoms with E-state index in [1.54, 1.807) is 6.92 Å². The number of ketones is 1. The van der Waals surface area contributed by atoms with Crippen LogP contribution in [-0.4, -0.2) is 32.1 Å². The molecule has 1 heterocycles. The standard InChI is InChI=1S/C8H12O4/c1-8(4-12-5-8)6(9)3-7(10)11-2/h3-5H2,1-2H3. The van der Waals surface area contributed by atoms with Crippen LogP contribution in [0, 0.1) is 5.41 Å². The molecule has 4 heteroatoms. The first kappa shape index (κ1) is 9.19. The van der Waals surface area contributed by atoms with Crippen molar-refractivity contribution < 1.29 is 19.1 Å². The molecule has 0 bridgehead atoms. The third-order valence-electron chi connectivity index (χ3n) is 2.05. The third kappa shape index (κ3) is 1.64. The van der Waals surface area contributed by atoms with Gasteiger partial charge in [-0.2, -0.15) is 0 Å². The van der Waals surface area contributed by atoms with Gasteiger partial charge in [0.25, 0.3) is 0 Å². The Balaban J connectivity index is 2.42. The number of hydrogen-bond acceptors (Lipinski definition) is 4. The highest BCUT2D eigenvalue weighted by Crippen LogP contribution is 2.28. The number of carbonyl (C=O) groups is 2. The average Bonchev–Trinajstić information content (AvgIpc) is 1.99. The van der Waals surface area contributed by atoms with Crippen LogP contribution < -0.4 is 0 Å². The number of hydrogen-bond donors (Lipinski definition) is 0. The maximum atomic E-state index is 11.3. The van der Waals surface area contributed by atoms with Crippen molar-refractivity contribution in [2.45, 2.75) is 13.3 Å². The molecule has 0 spiro atoms. The normalized spacial score (nSPS) is 19.5. The lowest BCUT2D eigenvalue weighted by Crippen LogP contribution is -2.47. The number of methoxy groups -OCH3 is 1. The fourth-order valence-corrected chi connectivity index (χ4v) is 0.986. The third-order valence-corrected chi connectivity index (χ3v) is 2.05. The fraction of sp³-hybridized carbons (Fsp3) is 0.750. The SMILES string of the molecule is COC(=O)CC(=O)C1(C)COC1. The van der Waals surface area contributed by atoms with E-state index in [0.717, 1.165) is 0 Å². The number of Topliss-reactive ketones (excluding diaryl/α,β-unsaturated/α-hetero) is 1. The summed E-state index contributed by atoms with van der Waals surface area (Å²) in [6.07, 6.45) is -0.143. The second-order valence-corrected chi connectivity index (χ2v) is 3.23. The number of ether oxygens (including phenoxy) is 2. The lowest BCUT2D eigenvalue weighted by Gasteiger charge is -2.36. The summed E-state index contributed by atoms with van der Waals surface area (Å²) in [5, 5.41) is 0. The van der Waals surface area contributed by atoms with Gasteiger partial charge in [-0.3, -0.25) is 9.59 Å². The van der Waals surface area contributed by atoms with Gasteiger partial charge in [-0.1, -0.05) is 0 Å². The molecule has 1 aliphatic rings. The number of carbonyl (C=O) groups excluding carboxylic acids is 2. The minimum atomic E-state index is -0.479. The summed E-state index contributed by atoms with van der Waals surface area (Å²) in [5.41, 5.74) is -0.450. The van der Waals surface area contributed by atoms with Gasteiger partial charge in [-0.15, -0.1) is 0 Å². The van der Waals surface area contributed by atoms with Crippen LogP contribution in [0.2, 0.25) is 0 Å². The highest BCUT2D eigenvalue weighted by atomic mass is 16.5. The van der Waals surface area contributed by atoms with Gasteiger partial charge in [0.15, 0.2) is 5.78 Å². The Morgan fingerprint density at radius 3 is 2.42 bits per heavy atom. The lowest BCUT2D eigenvalue weighted by atomic mass is 9.82. The molecule has 0 radical (unpaired) electrons. The Morgan fingerprint density at radius 2 is 2.08 bits per heavy atom. The highest BCUT2D eigenvalue weighted by Gasteiger charge is 2.41. The fourth-order valence-electron chi connectivity index (χ4n) is 0.986. The van der Waals surface area contributed by atoms with E-state index in [1.165, 1.54) is 7.11 Å². The second-order valence-electron chi connectivity index (χ2n) is 3.23. The van der Waals surface area contributed by atoms with Gasteiger partial charge in [0.05, 0.1) is 25.7 Å². The van der Waals surface area contributed by atoms with Crippen LogP contribution in [0.15, 0.2) is 0 Å². The summed E-state index contributed by atoms with van der Waals surface area (Å²) in [6.45, 7) is 2.63. The van der Waals surface area contributed by atoms with Crippen LogP contribution in [0.4, 0.5) is 0 Å². The van der Waals surface area contributed by atoms with Gasteiger partial charge in [0, 0.05) is 0 Å². The topological polar surface area (TPSA) is 52.6 Å². The Kier molecular flexibility index (Phi) is 2.47. The van der Waals surface area contributed by atoms with Crippen LogP contribution >= 0.6 is 0 Å². The minimum Gasteiger partial charge on any atom is -0.469 e. The van der Waals surface area contributed by atoms with E-state index in [0.29, 0.717) is 13.2 Å². The molecule has 0 aromatic rings. The molecule has 1 saturated heterocycles. The van der Waals surface area contributed by atoms with Crippen LogP contribution in [0.3, 0.4) is 0 Å². The maximum absolute atomic E-state index is 11.3. The molecular weight excluding hydrogens is 160 g/mol. The zero-order valence-electron chi connectivity index (χ0n) is 7.25. The summed E-state index contributed by atoms with van der Waals surface area (Å²) >= 11 is 0. The van der Waals surface area contributed by atoms with E-state index < -0.39 is 11.4 Å². The summed E-state index contributed by atoms with van der Waals surface area (Å²) in [4.78, 5) is 22.1. The Hall–Kier alpha value is -0.900. The largest absolute Gasteiger partial charge is 0.469 e. The van der Waals surface area contributed by atoms with E-state index >= 15 is 0 Å². The molecule has 4 nitrogen and oxygen atoms in total. The highest BCUT2D eigenvalue weighted by molar-refractivity contribution is 5.99. The summed E-state index contributed by atoms with van der Waals surface area (Å²) in [7, 11) is 1.27. The molecule has 0 N–H and O–H groups in total. The van der Waals surface area contributed by atoms with Crippen molar-refractivity contribution in [3.05, 3.63) is 0 Å². The Morgan fingerprint density at radius 1 is 1.50 bits per heavy atom. The van der Waals surface area contributed by atoms with Gasteiger partial charge in [-0.05, 0) is 6.92 Å². The maximum Gasteiger partial charge on any atom is 0.313 e. The van der Waals surface area contributed by atoms with Crippen molar-refractivity contribution in [2.75, 3.05) is 20.3 Å². The average molecular weight is 172 g/mol. The lowest BCUT2D eigenvalue weighted by molar-refractivity contribution is -0.160. The van der Waals surface area contributed by atoms with E-state index in [1.807, 2.05) is 0 Å². The molecule has 1 aliphatic heterocycles. The van der Waals surface area contributed by atoms with Gasteiger partial charge in [0.1, 0.15) is 6.42 Å². The van der Waals surface area contributed by atoms with Crippen LogP contribution in [0.25, 0.3) is 0 Å². The molecule has 1 fully saturated rings. The van der Waals surface area contributed by atoms with Crippen molar-refractivity contribution >= 4 is 11.8 Å². The van der Waals surface area contributed by atoms with Gasteiger partial charge in [0.2, 0.25) is 0 Å². The monoisotopic (exact) mass is 172 g/mol. The zero-order valence-corrected chi connectivity index (χ0v) is 7.25. The molecule has 0 aromatic heterocycles. The van der Waals surface area contributed by atoms with Gasteiger partial charge >= 0.3 is 5.97 Å². The predicted octanol–water partition coefficient (Wildman–Crippen LogP) is 0.155.